The third-order valence-corrected chi connectivity index (χ3v) is 5.68. The molecule has 0 spiro atoms. The van der Waals surface area contributed by atoms with Gasteiger partial charge in [-0.15, -0.1) is 0 Å². The summed E-state index contributed by atoms with van der Waals surface area (Å²) >= 11 is 0. The van der Waals surface area contributed by atoms with Crippen LogP contribution < -0.4 is 4.90 Å². The van der Waals surface area contributed by atoms with Crippen LogP contribution in [0.5, 0.6) is 5.75 Å². The maximum absolute atomic E-state index is 9.39. The summed E-state index contributed by atoms with van der Waals surface area (Å²) in [4.78, 5) is 4.87. The molecule has 1 aromatic carbocycles. The van der Waals surface area contributed by atoms with E-state index in [0.29, 0.717) is 23.6 Å². The van der Waals surface area contributed by atoms with Crippen molar-refractivity contribution in [1.82, 2.24) is 4.90 Å². The molecule has 1 aromatic rings. The van der Waals surface area contributed by atoms with E-state index in [1.807, 2.05) is 12.1 Å². The second kappa shape index (κ2) is 5.47. The Bertz CT molecular complexity index is 564. The van der Waals surface area contributed by atoms with Gasteiger partial charge in [0, 0.05) is 37.8 Å². The van der Waals surface area contributed by atoms with Crippen molar-refractivity contribution in [2.75, 3.05) is 31.1 Å². The highest BCUT2D eigenvalue weighted by molar-refractivity contribution is 5.94. The lowest BCUT2D eigenvalue weighted by molar-refractivity contribution is 0.181. The molecule has 1 aliphatic heterocycles. The van der Waals surface area contributed by atoms with Crippen molar-refractivity contribution in [1.29, 1.82) is 0 Å². The molecule has 5 heteroatoms. The predicted octanol–water partition coefficient (Wildman–Crippen LogP) is 2.14. The van der Waals surface area contributed by atoms with Gasteiger partial charge in [0.2, 0.25) is 0 Å². The zero-order valence-electron chi connectivity index (χ0n) is 12.7. The molecule has 5 nitrogen and oxygen atoms in total. The lowest BCUT2D eigenvalue weighted by Crippen LogP contribution is -2.54. The van der Waals surface area contributed by atoms with Crippen LogP contribution in [0.15, 0.2) is 29.4 Å². The van der Waals surface area contributed by atoms with Crippen molar-refractivity contribution in [3.8, 4) is 5.75 Å². The van der Waals surface area contributed by atoms with Crippen LogP contribution >= 0.6 is 0 Å². The van der Waals surface area contributed by atoms with Crippen LogP contribution in [0.1, 0.15) is 19.3 Å². The monoisotopic (exact) mass is 301 g/mol. The molecule has 3 atom stereocenters. The zero-order valence-corrected chi connectivity index (χ0v) is 12.7. The van der Waals surface area contributed by atoms with Gasteiger partial charge in [-0.1, -0.05) is 5.16 Å². The number of phenolic OH excluding ortho intramolecular Hbond substituents is 1. The molecule has 3 fully saturated rings. The fourth-order valence-corrected chi connectivity index (χ4v) is 4.60. The molecule has 1 saturated heterocycles. The minimum absolute atomic E-state index is 0.313. The first kappa shape index (κ1) is 13.9. The molecule has 0 aromatic heterocycles. The van der Waals surface area contributed by atoms with Gasteiger partial charge in [0.15, 0.2) is 0 Å². The van der Waals surface area contributed by atoms with E-state index in [1.165, 1.54) is 24.9 Å². The van der Waals surface area contributed by atoms with Crippen molar-refractivity contribution in [3.63, 3.8) is 0 Å². The van der Waals surface area contributed by atoms with E-state index in [-0.39, 0.29) is 0 Å². The minimum atomic E-state index is 0.313. The second-order valence-corrected chi connectivity index (χ2v) is 6.78. The largest absolute Gasteiger partial charge is 0.508 e. The molecule has 2 N–H and O–H groups in total. The highest BCUT2D eigenvalue weighted by Crippen LogP contribution is 2.45. The maximum atomic E-state index is 9.39. The predicted molar refractivity (Wildman–Crippen MR) is 85.7 cm³/mol. The highest BCUT2D eigenvalue weighted by Gasteiger charge is 2.48. The van der Waals surface area contributed by atoms with Gasteiger partial charge in [0.25, 0.3) is 0 Å². The number of nitrogens with zero attached hydrogens (tertiary/aromatic N) is 3. The van der Waals surface area contributed by atoms with E-state index >= 15 is 0 Å². The highest BCUT2D eigenvalue weighted by atomic mass is 16.4. The second-order valence-electron chi connectivity index (χ2n) is 6.78. The van der Waals surface area contributed by atoms with Crippen LogP contribution in [-0.2, 0) is 0 Å². The normalized spacial score (nSPS) is 33.7. The number of rotatable bonds is 2. The van der Waals surface area contributed by atoms with Crippen LogP contribution in [0, 0.1) is 11.8 Å². The Balaban J connectivity index is 1.43. The van der Waals surface area contributed by atoms with Crippen LogP contribution in [0.2, 0.25) is 0 Å². The first-order valence-electron chi connectivity index (χ1n) is 8.26. The van der Waals surface area contributed by atoms with Crippen molar-refractivity contribution >= 4 is 11.4 Å². The number of oxime groups is 1. The summed E-state index contributed by atoms with van der Waals surface area (Å²) in [5.41, 5.74) is 2.20. The Morgan fingerprint density at radius 3 is 2.41 bits per heavy atom. The molecule has 2 bridgehead atoms. The molecular weight excluding hydrogens is 278 g/mol. The summed E-state index contributed by atoms with van der Waals surface area (Å²) in [7, 11) is 0. The van der Waals surface area contributed by atoms with Gasteiger partial charge < -0.3 is 15.2 Å². The van der Waals surface area contributed by atoms with Crippen molar-refractivity contribution in [2.24, 2.45) is 17.0 Å². The quantitative estimate of drug-likeness (QED) is 0.649. The minimum Gasteiger partial charge on any atom is -0.508 e. The standard InChI is InChI=1S/C17H23N3O2/c21-15-5-3-14(4-6-15)19-7-9-20(10-8-19)17-13-2-1-12(11-13)16(17)18-22/h3-6,12-13,17,21-22H,1-2,7-11H2. The van der Waals surface area contributed by atoms with E-state index in [4.69, 9.17) is 0 Å². The fraction of sp³-hybridized carbons (Fsp3) is 0.588. The third-order valence-electron chi connectivity index (χ3n) is 5.68. The number of benzene rings is 1. The van der Waals surface area contributed by atoms with E-state index in [1.54, 1.807) is 12.1 Å². The smallest absolute Gasteiger partial charge is 0.115 e. The van der Waals surface area contributed by atoms with Crippen molar-refractivity contribution in [3.05, 3.63) is 24.3 Å². The number of phenols is 1. The summed E-state index contributed by atoms with van der Waals surface area (Å²) in [6, 6.07) is 7.81. The van der Waals surface area contributed by atoms with Gasteiger partial charge in [-0.25, -0.2) is 0 Å². The summed E-state index contributed by atoms with van der Waals surface area (Å²) in [6.45, 7) is 3.98. The summed E-state index contributed by atoms with van der Waals surface area (Å²) in [6.07, 6.45) is 3.70. The van der Waals surface area contributed by atoms with Crippen LogP contribution in [-0.4, -0.2) is 53.1 Å². The summed E-state index contributed by atoms with van der Waals surface area (Å²) in [5.74, 6) is 1.53. The SMILES string of the molecule is ON=C1C2CCC(C2)C1N1CCN(c2ccc(O)cc2)CC1. The molecule has 0 amide bonds. The van der Waals surface area contributed by atoms with Crippen LogP contribution in [0.4, 0.5) is 5.69 Å². The lowest BCUT2D eigenvalue weighted by Gasteiger charge is -2.41. The van der Waals surface area contributed by atoms with Gasteiger partial charge in [0.1, 0.15) is 5.75 Å². The first-order chi connectivity index (χ1) is 10.8. The molecule has 3 aliphatic rings. The van der Waals surface area contributed by atoms with Crippen molar-refractivity contribution < 1.29 is 10.3 Å². The van der Waals surface area contributed by atoms with Gasteiger partial charge in [-0.3, -0.25) is 4.90 Å². The Labute approximate surface area is 130 Å². The third kappa shape index (κ3) is 2.24. The number of hydrogen-bond donors (Lipinski definition) is 2. The number of hydrogen-bond acceptors (Lipinski definition) is 5. The Kier molecular flexibility index (Phi) is 3.45. The molecule has 118 valence electrons. The number of piperazine rings is 1. The van der Waals surface area contributed by atoms with E-state index in [9.17, 15) is 10.3 Å². The average Bonchev–Trinajstić information content (AvgIpc) is 3.16. The number of fused-ring (bicyclic) bond motifs is 2. The lowest BCUT2D eigenvalue weighted by atomic mass is 9.91. The van der Waals surface area contributed by atoms with Gasteiger partial charge in [-0.05, 0) is 49.4 Å². The van der Waals surface area contributed by atoms with E-state index in [0.717, 1.165) is 31.9 Å². The van der Waals surface area contributed by atoms with Crippen LogP contribution in [0.25, 0.3) is 0 Å². The fourth-order valence-electron chi connectivity index (χ4n) is 4.60. The van der Waals surface area contributed by atoms with Crippen molar-refractivity contribution in [2.45, 2.75) is 25.3 Å². The Morgan fingerprint density at radius 1 is 1.00 bits per heavy atom. The van der Waals surface area contributed by atoms with Gasteiger partial charge in [-0.2, -0.15) is 0 Å². The molecule has 22 heavy (non-hydrogen) atoms. The maximum Gasteiger partial charge on any atom is 0.115 e. The van der Waals surface area contributed by atoms with Gasteiger partial charge >= 0.3 is 0 Å². The molecule has 4 rings (SSSR count). The number of anilines is 1. The molecular formula is C17H23N3O2. The van der Waals surface area contributed by atoms with Gasteiger partial charge in [0.05, 0.1) is 11.8 Å². The molecule has 2 aliphatic carbocycles. The Morgan fingerprint density at radius 2 is 1.73 bits per heavy atom. The summed E-state index contributed by atoms with van der Waals surface area (Å²) in [5, 5.41) is 22.4. The summed E-state index contributed by atoms with van der Waals surface area (Å²) < 4.78 is 0. The molecule has 0 radical (unpaired) electrons. The topological polar surface area (TPSA) is 59.3 Å². The zero-order chi connectivity index (χ0) is 15.1. The number of aromatic hydroxyl groups is 1. The molecule has 2 saturated carbocycles. The Hall–Kier alpha value is -1.75. The molecule has 3 unspecified atom stereocenters. The average molecular weight is 301 g/mol. The van der Waals surface area contributed by atoms with E-state index in [2.05, 4.69) is 15.0 Å². The van der Waals surface area contributed by atoms with E-state index < -0.39 is 0 Å². The first-order valence-corrected chi connectivity index (χ1v) is 8.26. The molecule has 1 heterocycles. The van der Waals surface area contributed by atoms with Crippen LogP contribution in [0.3, 0.4) is 0 Å².